The molecular weight excluding hydrogens is 242 g/mol. The van der Waals surface area contributed by atoms with Crippen molar-refractivity contribution >= 4 is 0 Å². The van der Waals surface area contributed by atoms with Gasteiger partial charge in [-0.1, -0.05) is 6.07 Å². The molecule has 0 radical (unpaired) electrons. The molecule has 0 amide bonds. The molecule has 0 aliphatic carbocycles. The van der Waals surface area contributed by atoms with Crippen molar-refractivity contribution in [1.82, 2.24) is 0 Å². The highest BCUT2D eigenvalue weighted by Crippen LogP contribution is 2.29. The van der Waals surface area contributed by atoms with E-state index in [2.05, 4.69) is 0 Å². The zero-order chi connectivity index (χ0) is 14.5. The monoisotopic (exact) mass is 267 g/mol. The van der Waals surface area contributed by atoms with Gasteiger partial charge in [-0.15, -0.1) is 0 Å². The molecule has 1 atom stereocenters. The second-order valence-electron chi connectivity index (χ2n) is 5.19. The van der Waals surface area contributed by atoms with E-state index in [4.69, 9.17) is 19.9 Å². The van der Waals surface area contributed by atoms with Crippen molar-refractivity contribution in [2.75, 3.05) is 20.8 Å². The SMILES string of the molecule is COc1ccc(CC(C)(CN)OC(C)C)cc1OC. The second-order valence-corrected chi connectivity index (χ2v) is 5.19. The van der Waals surface area contributed by atoms with Crippen molar-refractivity contribution in [3.63, 3.8) is 0 Å². The predicted octanol–water partition coefficient (Wildman–Crippen LogP) is 2.39. The maximum atomic E-state index is 5.92. The first-order valence-corrected chi connectivity index (χ1v) is 6.53. The van der Waals surface area contributed by atoms with Crippen molar-refractivity contribution < 1.29 is 14.2 Å². The largest absolute Gasteiger partial charge is 0.493 e. The maximum absolute atomic E-state index is 5.92. The van der Waals surface area contributed by atoms with Crippen LogP contribution in [0, 0.1) is 0 Å². The van der Waals surface area contributed by atoms with Gasteiger partial charge in [-0.25, -0.2) is 0 Å². The number of methoxy groups -OCH3 is 2. The predicted molar refractivity (Wildman–Crippen MR) is 76.9 cm³/mol. The number of benzene rings is 1. The minimum absolute atomic E-state index is 0.147. The van der Waals surface area contributed by atoms with Crippen LogP contribution >= 0.6 is 0 Å². The highest BCUT2D eigenvalue weighted by Gasteiger charge is 2.25. The van der Waals surface area contributed by atoms with Gasteiger partial charge in [0, 0.05) is 13.0 Å². The minimum atomic E-state index is -0.367. The molecule has 1 aromatic rings. The first kappa shape index (κ1) is 15.8. The van der Waals surface area contributed by atoms with Gasteiger partial charge in [0.15, 0.2) is 11.5 Å². The zero-order valence-electron chi connectivity index (χ0n) is 12.5. The summed E-state index contributed by atoms with van der Waals surface area (Å²) in [6, 6.07) is 5.88. The molecule has 4 nitrogen and oxygen atoms in total. The van der Waals surface area contributed by atoms with Crippen LogP contribution in [-0.4, -0.2) is 32.5 Å². The van der Waals surface area contributed by atoms with E-state index in [-0.39, 0.29) is 11.7 Å². The molecule has 1 aromatic carbocycles. The van der Waals surface area contributed by atoms with Crippen LogP contribution in [0.1, 0.15) is 26.3 Å². The summed E-state index contributed by atoms with van der Waals surface area (Å²) in [5.74, 6) is 1.45. The molecule has 0 aromatic heterocycles. The molecule has 19 heavy (non-hydrogen) atoms. The summed E-state index contributed by atoms with van der Waals surface area (Å²) in [7, 11) is 3.26. The molecule has 108 valence electrons. The van der Waals surface area contributed by atoms with Gasteiger partial charge in [-0.05, 0) is 38.5 Å². The fourth-order valence-electron chi connectivity index (χ4n) is 2.15. The maximum Gasteiger partial charge on any atom is 0.160 e. The Morgan fingerprint density at radius 3 is 2.26 bits per heavy atom. The standard InChI is InChI=1S/C15H25NO3/c1-11(2)19-15(3,10-16)9-12-6-7-13(17-4)14(8-12)18-5/h6-8,11H,9-10,16H2,1-5H3. The molecule has 0 aliphatic heterocycles. The van der Waals surface area contributed by atoms with E-state index in [0.29, 0.717) is 6.54 Å². The molecule has 0 aliphatic rings. The Hall–Kier alpha value is -1.26. The number of rotatable bonds is 7. The van der Waals surface area contributed by atoms with Crippen LogP contribution in [0.15, 0.2) is 18.2 Å². The summed E-state index contributed by atoms with van der Waals surface area (Å²) in [4.78, 5) is 0. The molecule has 1 rings (SSSR count). The molecule has 2 N–H and O–H groups in total. The van der Waals surface area contributed by atoms with E-state index in [0.717, 1.165) is 23.5 Å². The van der Waals surface area contributed by atoms with Crippen molar-refractivity contribution in [1.29, 1.82) is 0 Å². The first-order valence-electron chi connectivity index (χ1n) is 6.53. The number of nitrogens with two attached hydrogens (primary N) is 1. The first-order chi connectivity index (χ1) is 8.94. The van der Waals surface area contributed by atoms with Gasteiger partial charge in [0.1, 0.15) is 0 Å². The molecule has 0 saturated heterocycles. The third-order valence-electron chi connectivity index (χ3n) is 2.98. The smallest absolute Gasteiger partial charge is 0.160 e. The van der Waals surface area contributed by atoms with Crippen molar-refractivity contribution in [3.8, 4) is 11.5 Å². The highest BCUT2D eigenvalue weighted by atomic mass is 16.5. The average Bonchev–Trinajstić information content (AvgIpc) is 2.37. The normalized spacial score (nSPS) is 14.3. The third kappa shape index (κ3) is 4.40. The summed E-state index contributed by atoms with van der Waals surface area (Å²) in [5.41, 5.74) is 6.60. The molecule has 0 saturated carbocycles. The Labute approximate surface area is 115 Å². The van der Waals surface area contributed by atoms with Gasteiger partial charge in [0.05, 0.1) is 25.9 Å². The van der Waals surface area contributed by atoms with E-state index in [1.165, 1.54) is 0 Å². The fraction of sp³-hybridized carbons (Fsp3) is 0.600. The number of ether oxygens (including phenoxy) is 3. The summed E-state index contributed by atoms with van der Waals surface area (Å²) in [5, 5.41) is 0. The Kier molecular flexibility index (Phi) is 5.63. The number of hydrogen-bond donors (Lipinski definition) is 1. The van der Waals surface area contributed by atoms with Gasteiger partial charge in [-0.3, -0.25) is 0 Å². The Morgan fingerprint density at radius 2 is 1.79 bits per heavy atom. The van der Waals surface area contributed by atoms with Gasteiger partial charge >= 0.3 is 0 Å². The van der Waals surface area contributed by atoms with Crippen LogP contribution in [0.25, 0.3) is 0 Å². The van der Waals surface area contributed by atoms with Crippen molar-refractivity contribution in [3.05, 3.63) is 23.8 Å². The van der Waals surface area contributed by atoms with Gasteiger partial charge in [-0.2, -0.15) is 0 Å². The highest BCUT2D eigenvalue weighted by molar-refractivity contribution is 5.43. The van der Waals surface area contributed by atoms with Gasteiger partial charge < -0.3 is 19.9 Å². The Bertz CT molecular complexity index is 406. The van der Waals surface area contributed by atoms with Gasteiger partial charge in [0.2, 0.25) is 0 Å². The molecular formula is C15H25NO3. The Morgan fingerprint density at radius 1 is 1.16 bits per heavy atom. The molecule has 1 unspecified atom stereocenters. The lowest BCUT2D eigenvalue weighted by Crippen LogP contribution is -2.41. The van der Waals surface area contributed by atoms with Crippen molar-refractivity contribution in [2.24, 2.45) is 5.73 Å². The second kappa shape index (κ2) is 6.78. The third-order valence-corrected chi connectivity index (χ3v) is 2.98. The lowest BCUT2D eigenvalue weighted by molar-refractivity contribution is -0.0611. The van der Waals surface area contributed by atoms with Crippen LogP contribution < -0.4 is 15.2 Å². The quantitative estimate of drug-likeness (QED) is 0.824. The lowest BCUT2D eigenvalue weighted by Gasteiger charge is -2.31. The van der Waals surface area contributed by atoms with E-state index < -0.39 is 0 Å². The van der Waals surface area contributed by atoms with Crippen LogP contribution in [0.4, 0.5) is 0 Å². The topological polar surface area (TPSA) is 53.7 Å². The van der Waals surface area contributed by atoms with Crippen LogP contribution in [0.3, 0.4) is 0 Å². The fourth-order valence-corrected chi connectivity index (χ4v) is 2.15. The summed E-state index contributed by atoms with van der Waals surface area (Å²) < 4.78 is 16.5. The summed E-state index contributed by atoms with van der Waals surface area (Å²) in [6.07, 6.45) is 0.885. The van der Waals surface area contributed by atoms with Crippen LogP contribution in [-0.2, 0) is 11.2 Å². The average molecular weight is 267 g/mol. The van der Waals surface area contributed by atoms with Crippen LogP contribution in [0.2, 0.25) is 0 Å². The molecule has 0 heterocycles. The van der Waals surface area contributed by atoms with E-state index in [1.54, 1.807) is 14.2 Å². The molecule has 0 fully saturated rings. The summed E-state index contributed by atoms with van der Waals surface area (Å²) in [6.45, 7) is 6.54. The van der Waals surface area contributed by atoms with E-state index in [1.807, 2.05) is 39.0 Å². The zero-order valence-corrected chi connectivity index (χ0v) is 12.5. The van der Waals surface area contributed by atoms with Gasteiger partial charge in [0.25, 0.3) is 0 Å². The summed E-state index contributed by atoms with van der Waals surface area (Å²) >= 11 is 0. The lowest BCUT2D eigenvalue weighted by atomic mass is 9.95. The molecule has 0 spiro atoms. The number of hydrogen-bond acceptors (Lipinski definition) is 4. The minimum Gasteiger partial charge on any atom is -0.493 e. The van der Waals surface area contributed by atoms with E-state index >= 15 is 0 Å². The van der Waals surface area contributed by atoms with Crippen molar-refractivity contribution in [2.45, 2.75) is 38.9 Å². The van der Waals surface area contributed by atoms with Crippen LogP contribution in [0.5, 0.6) is 11.5 Å². The van der Waals surface area contributed by atoms with E-state index in [9.17, 15) is 0 Å². The molecule has 0 bridgehead atoms. The Balaban J connectivity index is 2.91. The molecule has 4 heteroatoms.